The van der Waals surface area contributed by atoms with Crippen LogP contribution in [0.15, 0.2) is 88.5 Å². The minimum Gasteiger partial charge on any atom is -0.489 e. The number of nitrogens with zero attached hydrogens (tertiary/aromatic N) is 4. The summed E-state index contributed by atoms with van der Waals surface area (Å²) >= 11 is 9.57. The van der Waals surface area contributed by atoms with Gasteiger partial charge in [-0.2, -0.15) is 4.68 Å². The Labute approximate surface area is 215 Å². The molecule has 35 heavy (non-hydrogen) atoms. The molecule has 1 amide bonds. The van der Waals surface area contributed by atoms with E-state index in [2.05, 4.69) is 42.1 Å². The highest BCUT2D eigenvalue weighted by Gasteiger charge is 2.36. The van der Waals surface area contributed by atoms with Crippen molar-refractivity contribution < 1.29 is 9.53 Å². The fourth-order valence-corrected chi connectivity index (χ4v) is 4.42. The molecule has 2 heterocycles. The van der Waals surface area contributed by atoms with Gasteiger partial charge in [-0.15, -0.1) is 0 Å². The van der Waals surface area contributed by atoms with Crippen molar-refractivity contribution in [3.63, 3.8) is 0 Å². The Balaban J connectivity index is 1.54. The second-order valence-corrected chi connectivity index (χ2v) is 9.28. The fourth-order valence-electron chi connectivity index (χ4n) is 3.92. The third-order valence-electron chi connectivity index (χ3n) is 5.56. The van der Waals surface area contributed by atoms with Crippen molar-refractivity contribution in [2.45, 2.75) is 19.6 Å². The van der Waals surface area contributed by atoms with Gasteiger partial charge in [-0.1, -0.05) is 63.0 Å². The Morgan fingerprint density at radius 2 is 1.91 bits per heavy atom. The molecule has 8 nitrogen and oxygen atoms in total. The van der Waals surface area contributed by atoms with E-state index in [-0.39, 0.29) is 5.91 Å². The van der Waals surface area contributed by atoms with Crippen LogP contribution in [-0.4, -0.2) is 26.1 Å². The Morgan fingerprint density at radius 1 is 1.14 bits per heavy atom. The van der Waals surface area contributed by atoms with E-state index in [4.69, 9.17) is 16.3 Å². The van der Waals surface area contributed by atoms with Crippen LogP contribution >= 0.6 is 27.5 Å². The quantitative estimate of drug-likeness (QED) is 0.324. The third kappa shape index (κ3) is 4.91. The second-order valence-electron chi connectivity index (χ2n) is 7.93. The van der Waals surface area contributed by atoms with Crippen molar-refractivity contribution in [1.29, 1.82) is 0 Å². The van der Waals surface area contributed by atoms with E-state index in [9.17, 15) is 4.79 Å². The molecule has 0 bridgehead atoms. The lowest BCUT2D eigenvalue weighted by Crippen LogP contribution is -2.31. The number of rotatable bonds is 6. The summed E-state index contributed by atoms with van der Waals surface area (Å²) < 4.78 is 8.64. The summed E-state index contributed by atoms with van der Waals surface area (Å²) in [5.41, 5.74) is 3.51. The number of ether oxygens (including phenoxy) is 1. The number of tetrazole rings is 1. The summed E-state index contributed by atoms with van der Waals surface area (Å²) in [5, 5.41) is 18.9. The number of nitrogens with one attached hydrogen (secondary N) is 2. The largest absolute Gasteiger partial charge is 0.489 e. The van der Waals surface area contributed by atoms with Crippen LogP contribution in [0.1, 0.15) is 24.1 Å². The number of carbonyl (C=O) groups is 1. The van der Waals surface area contributed by atoms with Crippen LogP contribution in [0.2, 0.25) is 5.02 Å². The first-order valence-corrected chi connectivity index (χ1v) is 12.0. The van der Waals surface area contributed by atoms with Gasteiger partial charge in [0, 0.05) is 26.4 Å². The number of allylic oxidation sites excluding steroid dienone is 1. The molecular weight excluding hydrogens is 532 g/mol. The summed E-state index contributed by atoms with van der Waals surface area (Å²) in [6, 6.07) is 21.8. The summed E-state index contributed by atoms with van der Waals surface area (Å²) in [4.78, 5) is 13.5. The van der Waals surface area contributed by atoms with E-state index >= 15 is 0 Å². The van der Waals surface area contributed by atoms with Crippen LogP contribution in [0.25, 0.3) is 0 Å². The van der Waals surface area contributed by atoms with E-state index in [0.717, 1.165) is 15.6 Å². The molecule has 1 unspecified atom stereocenters. The third-order valence-corrected chi connectivity index (χ3v) is 6.31. The van der Waals surface area contributed by atoms with Crippen LogP contribution in [0.3, 0.4) is 0 Å². The van der Waals surface area contributed by atoms with Crippen molar-refractivity contribution in [2.24, 2.45) is 0 Å². The highest BCUT2D eigenvalue weighted by atomic mass is 79.9. The molecule has 176 valence electrons. The molecule has 3 aromatic carbocycles. The molecule has 1 atom stereocenters. The molecule has 2 N–H and O–H groups in total. The number of para-hydroxylation sites is 1. The van der Waals surface area contributed by atoms with Crippen LogP contribution in [0.5, 0.6) is 5.75 Å². The number of hydrogen-bond acceptors (Lipinski definition) is 6. The zero-order valence-corrected chi connectivity index (χ0v) is 20.9. The average Bonchev–Trinajstić information content (AvgIpc) is 3.32. The molecule has 10 heteroatoms. The van der Waals surface area contributed by atoms with Gasteiger partial charge < -0.3 is 15.4 Å². The lowest BCUT2D eigenvalue weighted by atomic mass is 9.94. The number of fused-ring (bicyclic) bond motifs is 1. The highest BCUT2D eigenvalue weighted by Crippen LogP contribution is 2.40. The Bertz CT molecular complexity index is 1410. The van der Waals surface area contributed by atoms with Gasteiger partial charge in [0.1, 0.15) is 18.4 Å². The molecule has 0 saturated heterocycles. The first-order valence-electron chi connectivity index (χ1n) is 10.8. The standard InChI is InChI=1S/C25H20BrClN6O2/c1-15-22(24(34)29-19-5-3-2-4-6-19)23(33-25(28-15)30-31-32-33)20-13-17(26)9-12-21(20)35-14-16-7-10-18(27)11-8-16/h2-13,23H,14H2,1H3,(H,29,34)(H,28,30,32). The van der Waals surface area contributed by atoms with E-state index in [1.807, 2.05) is 79.7 Å². The van der Waals surface area contributed by atoms with Crippen molar-refractivity contribution in [1.82, 2.24) is 20.2 Å². The second kappa shape index (κ2) is 9.89. The SMILES string of the molecule is CC1=C(C(=O)Nc2ccccc2)C(c2cc(Br)ccc2OCc2ccc(Cl)cc2)n2nnnc2N1. The van der Waals surface area contributed by atoms with Gasteiger partial charge >= 0.3 is 0 Å². The van der Waals surface area contributed by atoms with Crippen molar-refractivity contribution in [3.05, 3.63) is 105 Å². The van der Waals surface area contributed by atoms with Gasteiger partial charge in [-0.3, -0.25) is 4.79 Å². The molecule has 1 aliphatic rings. The van der Waals surface area contributed by atoms with E-state index in [0.29, 0.717) is 40.3 Å². The van der Waals surface area contributed by atoms with Gasteiger partial charge in [-0.25, -0.2) is 0 Å². The maximum atomic E-state index is 13.5. The van der Waals surface area contributed by atoms with Crippen LogP contribution in [0.4, 0.5) is 11.6 Å². The van der Waals surface area contributed by atoms with Crippen molar-refractivity contribution in [2.75, 3.05) is 10.6 Å². The summed E-state index contributed by atoms with van der Waals surface area (Å²) in [5.74, 6) is 0.776. The van der Waals surface area contributed by atoms with Crippen LogP contribution in [0, 0.1) is 0 Å². The average molecular weight is 552 g/mol. The van der Waals surface area contributed by atoms with Crippen molar-refractivity contribution in [3.8, 4) is 5.75 Å². The van der Waals surface area contributed by atoms with Gasteiger partial charge in [-0.05, 0) is 65.4 Å². The fraction of sp³-hybridized carbons (Fsp3) is 0.120. The molecule has 0 fully saturated rings. The van der Waals surface area contributed by atoms with Gasteiger partial charge in [0.2, 0.25) is 5.95 Å². The smallest absolute Gasteiger partial charge is 0.255 e. The zero-order chi connectivity index (χ0) is 24.4. The minimum absolute atomic E-state index is 0.268. The molecule has 0 radical (unpaired) electrons. The van der Waals surface area contributed by atoms with Gasteiger partial charge in [0.15, 0.2) is 0 Å². The first-order chi connectivity index (χ1) is 17.0. The first kappa shape index (κ1) is 23.1. The maximum absolute atomic E-state index is 13.5. The lowest BCUT2D eigenvalue weighted by Gasteiger charge is -2.29. The predicted octanol–water partition coefficient (Wildman–Crippen LogP) is 5.60. The number of halogens is 2. The molecule has 0 spiro atoms. The monoisotopic (exact) mass is 550 g/mol. The topological polar surface area (TPSA) is 94.0 Å². The molecule has 0 saturated carbocycles. The van der Waals surface area contributed by atoms with E-state index in [1.165, 1.54) is 0 Å². The van der Waals surface area contributed by atoms with Gasteiger partial charge in [0.05, 0.1) is 5.57 Å². The molecule has 0 aliphatic carbocycles. The van der Waals surface area contributed by atoms with Crippen LogP contribution < -0.4 is 15.4 Å². The highest BCUT2D eigenvalue weighted by molar-refractivity contribution is 9.10. The Hall–Kier alpha value is -3.69. The van der Waals surface area contributed by atoms with E-state index in [1.54, 1.807) is 4.68 Å². The minimum atomic E-state index is -0.623. The molecule has 1 aliphatic heterocycles. The number of benzene rings is 3. The van der Waals surface area contributed by atoms with E-state index < -0.39 is 6.04 Å². The summed E-state index contributed by atoms with van der Waals surface area (Å²) in [6.07, 6.45) is 0. The molecular formula is C25H20BrClN6O2. The Morgan fingerprint density at radius 3 is 2.69 bits per heavy atom. The number of amides is 1. The number of hydrogen-bond donors (Lipinski definition) is 2. The summed E-state index contributed by atoms with van der Waals surface area (Å²) in [7, 11) is 0. The van der Waals surface area contributed by atoms with Crippen molar-refractivity contribution >= 4 is 45.1 Å². The lowest BCUT2D eigenvalue weighted by molar-refractivity contribution is -0.113. The van der Waals surface area contributed by atoms with Crippen LogP contribution in [-0.2, 0) is 11.4 Å². The molecule has 5 rings (SSSR count). The zero-order valence-electron chi connectivity index (χ0n) is 18.6. The molecule has 4 aromatic rings. The number of anilines is 2. The number of carbonyl (C=O) groups excluding carboxylic acids is 1. The predicted molar refractivity (Wildman–Crippen MR) is 137 cm³/mol. The Kier molecular flexibility index (Phi) is 6.52. The summed E-state index contributed by atoms with van der Waals surface area (Å²) in [6.45, 7) is 2.16. The molecule has 1 aromatic heterocycles. The maximum Gasteiger partial charge on any atom is 0.255 e. The normalized spacial score (nSPS) is 14.8. The van der Waals surface area contributed by atoms with Gasteiger partial charge in [0.25, 0.3) is 5.91 Å². The number of aromatic nitrogens is 4.